The van der Waals surface area contributed by atoms with Crippen molar-refractivity contribution >= 4 is 34.7 Å². The molecular formula is C13H14ClF2NOS2. The molecule has 0 aliphatic rings. The van der Waals surface area contributed by atoms with E-state index in [1.807, 2.05) is 25.1 Å². The first kappa shape index (κ1) is 15.8. The Hall–Kier alpha value is -0.560. The summed E-state index contributed by atoms with van der Waals surface area (Å²) < 4.78 is 30.4. The van der Waals surface area contributed by atoms with Gasteiger partial charge < -0.3 is 9.73 Å². The topological polar surface area (TPSA) is 25.2 Å². The number of thiophene rings is 1. The molecule has 0 aliphatic carbocycles. The Labute approximate surface area is 129 Å². The van der Waals surface area contributed by atoms with Crippen LogP contribution < -0.4 is 5.32 Å². The molecule has 0 bridgehead atoms. The molecule has 0 aliphatic heterocycles. The minimum absolute atomic E-state index is 0.163. The van der Waals surface area contributed by atoms with Crippen molar-refractivity contribution in [2.75, 3.05) is 0 Å². The van der Waals surface area contributed by atoms with Crippen LogP contribution in [0.25, 0.3) is 0 Å². The largest absolute Gasteiger partial charge is 0.464 e. The standard InChI is InChI=1S/C13H14ClF2NOS2/c1-8(11-4-5-12(14)20-11)17-6-9-2-3-10(18-9)7-19-13(15)16/h2-5,8,13,17H,6-7H2,1H3. The summed E-state index contributed by atoms with van der Waals surface area (Å²) in [6, 6.07) is 7.56. The minimum atomic E-state index is -2.37. The van der Waals surface area contributed by atoms with Crippen molar-refractivity contribution in [1.82, 2.24) is 5.32 Å². The first-order chi connectivity index (χ1) is 9.54. The van der Waals surface area contributed by atoms with Gasteiger partial charge in [0.2, 0.25) is 0 Å². The van der Waals surface area contributed by atoms with Crippen molar-refractivity contribution < 1.29 is 13.2 Å². The van der Waals surface area contributed by atoms with Gasteiger partial charge in [-0.15, -0.1) is 11.3 Å². The highest BCUT2D eigenvalue weighted by Gasteiger charge is 2.10. The Bertz CT molecular complexity index is 544. The fourth-order valence-corrected chi connectivity index (χ4v) is 3.19. The summed E-state index contributed by atoms with van der Waals surface area (Å²) in [6.45, 7) is 2.59. The summed E-state index contributed by atoms with van der Waals surface area (Å²) in [6.07, 6.45) is 0. The van der Waals surface area contributed by atoms with E-state index in [2.05, 4.69) is 5.32 Å². The van der Waals surface area contributed by atoms with Crippen molar-refractivity contribution in [3.8, 4) is 0 Å². The lowest BCUT2D eigenvalue weighted by atomic mass is 10.2. The molecule has 110 valence electrons. The fraction of sp³-hybridized carbons (Fsp3) is 0.385. The van der Waals surface area contributed by atoms with Gasteiger partial charge in [-0.05, 0) is 31.2 Å². The van der Waals surface area contributed by atoms with E-state index in [0.717, 1.165) is 15.0 Å². The number of halogens is 3. The molecular weight excluding hydrogens is 324 g/mol. The van der Waals surface area contributed by atoms with Gasteiger partial charge >= 0.3 is 0 Å². The molecule has 2 aromatic rings. The van der Waals surface area contributed by atoms with E-state index in [0.29, 0.717) is 24.1 Å². The zero-order chi connectivity index (χ0) is 14.5. The minimum Gasteiger partial charge on any atom is -0.464 e. The summed E-state index contributed by atoms with van der Waals surface area (Å²) >= 11 is 7.99. The third-order valence-electron chi connectivity index (χ3n) is 2.67. The summed E-state index contributed by atoms with van der Waals surface area (Å²) in [4.78, 5) is 1.15. The molecule has 2 rings (SSSR count). The monoisotopic (exact) mass is 337 g/mol. The molecule has 2 aromatic heterocycles. The quantitative estimate of drug-likeness (QED) is 0.742. The first-order valence-corrected chi connectivity index (χ1v) is 8.25. The zero-order valence-corrected chi connectivity index (χ0v) is 13.1. The van der Waals surface area contributed by atoms with E-state index in [1.54, 1.807) is 6.07 Å². The molecule has 7 heteroatoms. The molecule has 0 radical (unpaired) electrons. The Balaban J connectivity index is 1.82. The van der Waals surface area contributed by atoms with E-state index in [9.17, 15) is 8.78 Å². The third kappa shape index (κ3) is 4.77. The average Bonchev–Trinajstić information content (AvgIpc) is 3.02. The lowest BCUT2D eigenvalue weighted by Gasteiger charge is -2.10. The Kier molecular flexibility index (Phi) is 5.89. The highest BCUT2D eigenvalue weighted by atomic mass is 35.5. The molecule has 1 N–H and O–H groups in total. The van der Waals surface area contributed by atoms with Gasteiger partial charge in [0.15, 0.2) is 0 Å². The second kappa shape index (κ2) is 7.45. The molecule has 0 saturated heterocycles. The Morgan fingerprint density at radius 1 is 1.30 bits per heavy atom. The summed E-state index contributed by atoms with van der Waals surface area (Å²) in [5, 5.41) is 3.31. The Morgan fingerprint density at radius 2 is 2.05 bits per heavy atom. The maximum atomic E-state index is 12.1. The van der Waals surface area contributed by atoms with Gasteiger partial charge in [-0.2, -0.15) is 8.78 Å². The van der Waals surface area contributed by atoms with Crippen LogP contribution in [0.1, 0.15) is 29.4 Å². The molecule has 1 atom stereocenters. The van der Waals surface area contributed by atoms with E-state index >= 15 is 0 Å². The van der Waals surface area contributed by atoms with Crippen LogP contribution in [-0.4, -0.2) is 5.76 Å². The number of nitrogens with one attached hydrogen (secondary N) is 1. The number of thioether (sulfide) groups is 1. The Morgan fingerprint density at radius 3 is 2.70 bits per heavy atom. The molecule has 0 aromatic carbocycles. The summed E-state index contributed by atoms with van der Waals surface area (Å²) in [5.74, 6) is -0.873. The van der Waals surface area contributed by atoms with Crippen LogP contribution in [0.4, 0.5) is 8.78 Å². The van der Waals surface area contributed by atoms with Crippen LogP contribution in [0.5, 0.6) is 0 Å². The van der Waals surface area contributed by atoms with E-state index < -0.39 is 5.76 Å². The predicted molar refractivity (Wildman–Crippen MR) is 80.6 cm³/mol. The molecule has 0 saturated carbocycles. The number of furan rings is 1. The van der Waals surface area contributed by atoms with E-state index in [-0.39, 0.29) is 11.8 Å². The van der Waals surface area contributed by atoms with Gasteiger partial charge in [0, 0.05) is 10.9 Å². The second-order valence-electron chi connectivity index (χ2n) is 4.18. The van der Waals surface area contributed by atoms with Crippen LogP contribution in [0.15, 0.2) is 28.7 Å². The predicted octanol–water partition coefficient (Wildman–Crippen LogP) is 5.30. The van der Waals surface area contributed by atoms with Crippen molar-refractivity contribution in [3.63, 3.8) is 0 Å². The maximum absolute atomic E-state index is 12.1. The van der Waals surface area contributed by atoms with E-state index in [4.69, 9.17) is 16.0 Å². The van der Waals surface area contributed by atoms with Crippen molar-refractivity contribution in [1.29, 1.82) is 0 Å². The highest BCUT2D eigenvalue weighted by molar-refractivity contribution is 7.98. The molecule has 20 heavy (non-hydrogen) atoms. The molecule has 0 fully saturated rings. The van der Waals surface area contributed by atoms with Crippen LogP contribution in [0.2, 0.25) is 4.34 Å². The van der Waals surface area contributed by atoms with Crippen LogP contribution in [-0.2, 0) is 12.3 Å². The maximum Gasteiger partial charge on any atom is 0.284 e. The molecule has 1 unspecified atom stereocenters. The normalized spacial score (nSPS) is 13.1. The second-order valence-corrected chi connectivity index (χ2v) is 6.91. The molecule has 0 amide bonds. The number of hydrogen-bond donors (Lipinski definition) is 1. The smallest absolute Gasteiger partial charge is 0.284 e. The molecule has 0 spiro atoms. The first-order valence-electron chi connectivity index (χ1n) is 6.00. The SMILES string of the molecule is CC(NCc1ccc(CSC(F)F)o1)c1ccc(Cl)s1. The molecule has 2 nitrogen and oxygen atoms in total. The number of rotatable bonds is 7. The lowest BCUT2D eigenvalue weighted by molar-refractivity contribution is 0.251. The number of hydrogen-bond acceptors (Lipinski definition) is 4. The van der Waals surface area contributed by atoms with Crippen LogP contribution in [0.3, 0.4) is 0 Å². The van der Waals surface area contributed by atoms with Gasteiger partial charge in [0.25, 0.3) is 5.76 Å². The van der Waals surface area contributed by atoms with Crippen LogP contribution >= 0.6 is 34.7 Å². The van der Waals surface area contributed by atoms with Gasteiger partial charge in [-0.25, -0.2) is 0 Å². The average molecular weight is 338 g/mol. The summed E-state index contributed by atoms with van der Waals surface area (Å²) in [7, 11) is 0. The van der Waals surface area contributed by atoms with Gasteiger partial charge in [0.1, 0.15) is 11.5 Å². The van der Waals surface area contributed by atoms with Crippen LogP contribution in [0, 0.1) is 0 Å². The van der Waals surface area contributed by atoms with Crippen molar-refractivity contribution in [3.05, 3.63) is 45.0 Å². The molecule has 2 heterocycles. The zero-order valence-electron chi connectivity index (χ0n) is 10.7. The van der Waals surface area contributed by atoms with Crippen molar-refractivity contribution in [2.45, 2.75) is 31.0 Å². The van der Waals surface area contributed by atoms with Crippen molar-refractivity contribution in [2.24, 2.45) is 0 Å². The van der Waals surface area contributed by atoms with Gasteiger partial charge in [-0.1, -0.05) is 23.4 Å². The van der Waals surface area contributed by atoms with Gasteiger partial charge in [-0.3, -0.25) is 0 Å². The van der Waals surface area contributed by atoms with Gasteiger partial charge in [0.05, 0.1) is 16.6 Å². The lowest BCUT2D eigenvalue weighted by Crippen LogP contribution is -2.16. The summed E-state index contributed by atoms with van der Waals surface area (Å²) in [5.41, 5.74) is 0. The van der Waals surface area contributed by atoms with E-state index in [1.165, 1.54) is 11.3 Å². The number of alkyl halides is 2. The fourth-order valence-electron chi connectivity index (χ4n) is 1.66. The highest BCUT2D eigenvalue weighted by Crippen LogP contribution is 2.27. The third-order valence-corrected chi connectivity index (χ3v) is 4.79.